The van der Waals surface area contributed by atoms with Gasteiger partial charge in [-0.1, -0.05) is 60.7 Å². The van der Waals surface area contributed by atoms with Crippen molar-refractivity contribution in [3.8, 4) is 0 Å². The number of hydrogen-bond acceptors (Lipinski definition) is 2. The van der Waals surface area contributed by atoms with Gasteiger partial charge in [0.05, 0.1) is 7.11 Å². The fourth-order valence-electron chi connectivity index (χ4n) is 2.24. The number of ether oxygens (including phenoxy) is 1. The lowest BCUT2D eigenvalue weighted by molar-refractivity contribution is -0.134. The van der Waals surface area contributed by atoms with E-state index in [0.717, 1.165) is 6.42 Å². The van der Waals surface area contributed by atoms with E-state index >= 15 is 0 Å². The topological polar surface area (TPSA) is 26.3 Å². The maximum absolute atomic E-state index is 11.3. The van der Waals surface area contributed by atoms with Gasteiger partial charge in [0.1, 0.15) is 0 Å². The first-order valence-electron chi connectivity index (χ1n) is 6.45. The Kier molecular flexibility index (Phi) is 4.73. The Labute approximate surface area is 114 Å². The van der Waals surface area contributed by atoms with Gasteiger partial charge >= 0.3 is 5.97 Å². The van der Waals surface area contributed by atoms with Crippen molar-refractivity contribution in [1.29, 1.82) is 0 Å². The normalized spacial score (nSPS) is 16.7. The Balaban J connectivity index is 2.25. The highest BCUT2D eigenvalue weighted by Crippen LogP contribution is 2.30. The Morgan fingerprint density at radius 3 is 2.58 bits per heavy atom. The van der Waals surface area contributed by atoms with E-state index < -0.39 is 0 Å². The van der Waals surface area contributed by atoms with Crippen LogP contribution in [0.25, 0.3) is 0 Å². The minimum atomic E-state index is -0.315. The smallest absolute Gasteiger partial charge is 0.330 e. The Hall–Kier alpha value is -2.09. The van der Waals surface area contributed by atoms with E-state index in [9.17, 15) is 4.79 Å². The van der Waals surface area contributed by atoms with E-state index in [2.05, 4.69) is 41.2 Å². The summed E-state index contributed by atoms with van der Waals surface area (Å²) in [5.74, 6) is 0.134. The van der Waals surface area contributed by atoms with Crippen LogP contribution in [0.3, 0.4) is 0 Å². The van der Waals surface area contributed by atoms with Crippen LogP contribution < -0.4 is 0 Å². The van der Waals surface area contributed by atoms with Gasteiger partial charge < -0.3 is 4.74 Å². The number of esters is 1. The standard InChI is InChI=1S/C17H18O2/c1-19-17(18)13-12-16(14-8-4-2-5-9-14)15-10-6-3-7-11-15/h2,4-13,15-16H,3H2,1H3/t16-/m0/s1. The van der Waals surface area contributed by atoms with Crippen molar-refractivity contribution < 1.29 is 9.53 Å². The van der Waals surface area contributed by atoms with Crippen molar-refractivity contribution in [2.45, 2.75) is 12.3 Å². The Morgan fingerprint density at radius 1 is 1.26 bits per heavy atom. The molecule has 1 aliphatic rings. The zero-order valence-corrected chi connectivity index (χ0v) is 11.0. The van der Waals surface area contributed by atoms with Gasteiger partial charge in [-0.25, -0.2) is 4.79 Å². The molecule has 0 fully saturated rings. The lowest BCUT2D eigenvalue weighted by Gasteiger charge is -2.21. The number of benzene rings is 1. The minimum Gasteiger partial charge on any atom is -0.466 e. The van der Waals surface area contributed by atoms with Crippen molar-refractivity contribution >= 4 is 5.97 Å². The van der Waals surface area contributed by atoms with E-state index in [1.165, 1.54) is 18.7 Å². The maximum atomic E-state index is 11.3. The summed E-state index contributed by atoms with van der Waals surface area (Å²) in [6.45, 7) is 0. The lowest BCUT2D eigenvalue weighted by atomic mass is 9.83. The Bertz CT molecular complexity index is 485. The van der Waals surface area contributed by atoms with Crippen molar-refractivity contribution in [3.05, 3.63) is 72.4 Å². The fourth-order valence-corrected chi connectivity index (χ4v) is 2.24. The van der Waals surface area contributed by atoms with Crippen LogP contribution in [0, 0.1) is 5.92 Å². The van der Waals surface area contributed by atoms with Crippen molar-refractivity contribution in [2.24, 2.45) is 5.92 Å². The molecule has 1 aliphatic carbocycles. The molecule has 19 heavy (non-hydrogen) atoms. The molecule has 2 heteroatoms. The molecule has 2 rings (SSSR count). The average molecular weight is 254 g/mol. The van der Waals surface area contributed by atoms with Gasteiger partial charge in [-0.05, 0) is 12.0 Å². The monoisotopic (exact) mass is 254 g/mol. The number of allylic oxidation sites excluding steroid dienone is 5. The van der Waals surface area contributed by atoms with E-state index in [1.54, 1.807) is 0 Å². The Morgan fingerprint density at radius 2 is 1.95 bits per heavy atom. The molecule has 98 valence electrons. The van der Waals surface area contributed by atoms with Gasteiger partial charge in [0.15, 0.2) is 0 Å². The first kappa shape index (κ1) is 13.3. The second-order valence-electron chi connectivity index (χ2n) is 4.49. The molecule has 1 aromatic carbocycles. The molecule has 0 spiro atoms. The van der Waals surface area contributed by atoms with Gasteiger partial charge in [-0.15, -0.1) is 0 Å². The number of carbonyl (C=O) groups is 1. The highest BCUT2D eigenvalue weighted by molar-refractivity contribution is 5.81. The summed E-state index contributed by atoms with van der Waals surface area (Å²) in [6.07, 6.45) is 13.1. The molecular weight excluding hydrogens is 236 g/mol. The van der Waals surface area contributed by atoms with Crippen LogP contribution in [-0.2, 0) is 9.53 Å². The molecule has 0 unspecified atom stereocenters. The van der Waals surface area contributed by atoms with Gasteiger partial charge in [-0.2, -0.15) is 0 Å². The first-order chi connectivity index (χ1) is 9.31. The summed E-state index contributed by atoms with van der Waals surface area (Å²) >= 11 is 0. The molecule has 0 aromatic heterocycles. The number of carbonyl (C=O) groups excluding carboxylic acids is 1. The van der Waals surface area contributed by atoms with Gasteiger partial charge in [-0.3, -0.25) is 0 Å². The van der Waals surface area contributed by atoms with E-state index in [0.29, 0.717) is 0 Å². The highest BCUT2D eigenvalue weighted by Gasteiger charge is 2.17. The third-order valence-electron chi connectivity index (χ3n) is 3.23. The molecule has 0 radical (unpaired) electrons. The summed E-state index contributed by atoms with van der Waals surface area (Å²) in [5.41, 5.74) is 1.20. The van der Waals surface area contributed by atoms with Crippen LogP contribution in [0.4, 0.5) is 0 Å². The van der Waals surface area contributed by atoms with E-state index in [4.69, 9.17) is 0 Å². The third-order valence-corrected chi connectivity index (χ3v) is 3.23. The molecule has 2 nitrogen and oxygen atoms in total. The van der Waals surface area contributed by atoms with Crippen LogP contribution in [0.15, 0.2) is 66.8 Å². The van der Waals surface area contributed by atoms with Crippen LogP contribution in [0.1, 0.15) is 17.9 Å². The van der Waals surface area contributed by atoms with Crippen LogP contribution in [-0.4, -0.2) is 13.1 Å². The molecule has 0 heterocycles. The van der Waals surface area contributed by atoms with Crippen LogP contribution in [0.5, 0.6) is 0 Å². The zero-order chi connectivity index (χ0) is 13.5. The fraction of sp³-hybridized carbons (Fsp3) is 0.235. The van der Waals surface area contributed by atoms with Gasteiger partial charge in [0.2, 0.25) is 0 Å². The predicted octanol–water partition coefficient (Wildman–Crippen LogP) is 3.63. The maximum Gasteiger partial charge on any atom is 0.330 e. The quantitative estimate of drug-likeness (QED) is 0.466. The van der Waals surface area contributed by atoms with Crippen LogP contribution >= 0.6 is 0 Å². The summed E-state index contributed by atoms with van der Waals surface area (Å²) in [4.78, 5) is 11.3. The third kappa shape index (κ3) is 3.68. The molecular formula is C17H18O2. The van der Waals surface area contributed by atoms with Crippen LogP contribution in [0.2, 0.25) is 0 Å². The molecule has 0 bridgehead atoms. The summed E-state index contributed by atoms with van der Waals surface area (Å²) < 4.78 is 4.66. The molecule has 0 saturated heterocycles. The number of methoxy groups -OCH3 is 1. The van der Waals surface area contributed by atoms with E-state index in [-0.39, 0.29) is 17.8 Å². The molecule has 0 saturated carbocycles. The van der Waals surface area contributed by atoms with Crippen molar-refractivity contribution in [2.75, 3.05) is 7.11 Å². The molecule has 1 aromatic rings. The molecule has 0 N–H and O–H groups in total. The zero-order valence-electron chi connectivity index (χ0n) is 11.0. The second kappa shape index (κ2) is 6.74. The SMILES string of the molecule is COC(=O)C=C[C@@H](c1ccccc1)C1C=CCC=C1. The molecule has 1 atom stereocenters. The lowest BCUT2D eigenvalue weighted by Crippen LogP contribution is -2.09. The summed E-state index contributed by atoms with van der Waals surface area (Å²) in [7, 11) is 1.39. The molecule has 0 amide bonds. The second-order valence-corrected chi connectivity index (χ2v) is 4.49. The summed E-state index contributed by atoms with van der Waals surface area (Å²) in [6, 6.07) is 10.2. The van der Waals surface area contributed by atoms with Crippen molar-refractivity contribution in [1.82, 2.24) is 0 Å². The van der Waals surface area contributed by atoms with Gasteiger partial charge in [0, 0.05) is 17.9 Å². The number of hydrogen-bond donors (Lipinski definition) is 0. The predicted molar refractivity (Wildman–Crippen MR) is 76.7 cm³/mol. The minimum absolute atomic E-state index is 0.160. The first-order valence-corrected chi connectivity index (χ1v) is 6.45. The highest BCUT2D eigenvalue weighted by atomic mass is 16.5. The number of rotatable bonds is 4. The summed E-state index contributed by atoms with van der Waals surface area (Å²) in [5, 5.41) is 0. The largest absolute Gasteiger partial charge is 0.466 e. The van der Waals surface area contributed by atoms with Crippen molar-refractivity contribution in [3.63, 3.8) is 0 Å². The van der Waals surface area contributed by atoms with Gasteiger partial charge in [0.25, 0.3) is 0 Å². The average Bonchev–Trinajstić information content (AvgIpc) is 2.49. The van der Waals surface area contributed by atoms with E-state index in [1.807, 2.05) is 24.3 Å². The molecule has 0 aliphatic heterocycles.